The lowest BCUT2D eigenvalue weighted by Gasteiger charge is -2.17. The highest BCUT2D eigenvalue weighted by Gasteiger charge is 2.34. The first-order valence-electron chi connectivity index (χ1n) is 5.91. The van der Waals surface area contributed by atoms with Gasteiger partial charge < -0.3 is 5.32 Å². The molecule has 2 aromatic rings. The van der Waals surface area contributed by atoms with Crippen LogP contribution in [0.5, 0.6) is 0 Å². The van der Waals surface area contributed by atoms with Gasteiger partial charge in [0.15, 0.2) is 0 Å². The van der Waals surface area contributed by atoms with Gasteiger partial charge in [0.2, 0.25) is 0 Å². The van der Waals surface area contributed by atoms with E-state index in [0.29, 0.717) is 0 Å². The number of nitrogens with zero attached hydrogens (tertiary/aromatic N) is 1. The Morgan fingerprint density at radius 1 is 1.20 bits per heavy atom. The SMILES string of the molecule is CC(Nc1ccc(F)c(C(F)(F)F)c1)c1cccnc1. The van der Waals surface area contributed by atoms with Crippen molar-refractivity contribution < 1.29 is 17.6 Å². The van der Waals surface area contributed by atoms with E-state index in [1.165, 1.54) is 6.07 Å². The number of halogens is 4. The average Bonchev–Trinajstić information content (AvgIpc) is 2.40. The fourth-order valence-corrected chi connectivity index (χ4v) is 1.80. The third kappa shape index (κ3) is 3.26. The fourth-order valence-electron chi connectivity index (χ4n) is 1.80. The maximum atomic E-state index is 13.2. The molecule has 0 bridgehead atoms. The minimum absolute atomic E-state index is 0.204. The second kappa shape index (κ2) is 5.48. The molecule has 1 N–H and O–H groups in total. The van der Waals surface area contributed by atoms with Crippen LogP contribution in [0.15, 0.2) is 42.7 Å². The topological polar surface area (TPSA) is 24.9 Å². The molecule has 0 spiro atoms. The Morgan fingerprint density at radius 3 is 2.55 bits per heavy atom. The molecule has 2 nitrogen and oxygen atoms in total. The van der Waals surface area contributed by atoms with Gasteiger partial charge >= 0.3 is 6.18 Å². The summed E-state index contributed by atoms with van der Waals surface area (Å²) in [4.78, 5) is 3.94. The van der Waals surface area contributed by atoms with Crippen LogP contribution < -0.4 is 5.32 Å². The molecule has 20 heavy (non-hydrogen) atoms. The Kier molecular flexibility index (Phi) is 3.92. The van der Waals surface area contributed by atoms with Gasteiger partial charge in [-0.3, -0.25) is 4.98 Å². The lowest BCUT2D eigenvalue weighted by atomic mass is 10.1. The standard InChI is InChI=1S/C14H12F4N2/c1-9(10-3-2-6-19-8-10)20-11-4-5-13(15)12(7-11)14(16,17)18/h2-9,20H,1H3. The first-order chi connectivity index (χ1) is 9.38. The van der Waals surface area contributed by atoms with E-state index in [1.807, 2.05) is 0 Å². The first kappa shape index (κ1) is 14.3. The van der Waals surface area contributed by atoms with E-state index in [9.17, 15) is 17.6 Å². The highest BCUT2D eigenvalue weighted by atomic mass is 19.4. The number of hydrogen-bond donors (Lipinski definition) is 1. The molecule has 1 atom stereocenters. The van der Waals surface area contributed by atoms with Crippen molar-refractivity contribution in [2.75, 3.05) is 5.32 Å². The largest absolute Gasteiger partial charge is 0.419 e. The summed E-state index contributed by atoms with van der Waals surface area (Å²) in [6.45, 7) is 1.79. The molecule has 2 rings (SSSR count). The molecule has 0 saturated heterocycles. The van der Waals surface area contributed by atoms with E-state index in [-0.39, 0.29) is 11.7 Å². The van der Waals surface area contributed by atoms with Crippen LogP contribution in [0.2, 0.25) is 0 Å². The quantitative estimate of drug-likeness (QED) is 0.844. The molecule has 1 heterocycles. The third-order valence-electron chi connectivity index (χ3n) is 2.84. The van der Waals surface area contributed by atoms with Gasteiger partial charge in [0.05, 0.1) is 11.6 Å². The van der Waals surface area contributed by atoms with Crippen molar-refractivity contribution in [1.29, 1.82) is 0 Å². The number of hydrogen-bond acceptors (Lipinski definition) is 2. The summed E-state index contributed by atoms with van der Waals surface area (Å²) < 4.78 is 51.0. The normalized spacial score (nSPS) is 13.1. The molecule has 0 radical (unpaired) electrons. The monoisotopic (exact) mass is 284 g/mol. The minimum Gasteiger partial charge on any atom is -0.378 e. The van der Waals surface area contributed by atoms with Crippen LogP contribution in [0.4, 0.5) is 23.2 Å². The summed E-state index contributed by atoms with van der Waals surface area (Å²) in [6, 6.07) is 6.15. The molecule has 0 fully saturated rings. The number of aromatic nitrogens is 1. The van der Waals surface area contributed by atoms with E-state index in [2.05, 4.69) is 10.3 Å². The van der Waals surface area contributed by atoms with Gasteiger partial charge in [0.1, 0.15) is 5.82 Å². The number of benzene rings is 1. The number of anilines is 1. The molecule has 0 saturated carbocycles. The van der Waals surface area contributed by atoms with Crippen molar-refractivity contribution in [3.8, 4) is 0 Å². The molecule has 0 aliphatic carbocycles. The smallest absolute Gasteiger partial charge is 0.378 e. The Balaban J connectivity index is 2.22. The maximum absolute atomic E-state index is 13.2. The van der Waals surface area contributed by atoms with Gasteiger partial charge in [-0.25, -0.2) is 4.39 Å². The summed E-state index contributed by atoms with van der Waals surface area (Å²) in [7, 11) is 0. The molecule has 1 aromatic heterocycles. The number of pyridine rings is 1. The van der Waals surface area contributed by atoms with Crippen LogP contribution in [0.25, 0.3) is 0 Å². The van der Waals surface area contributed by atoms with Crippen molar-refractivity contribution >= 4 is 5.69 Å². The zero-order valence-electron chi connectivity index (χ0n) is 10.6. The Labute approximate surface area is 113 Å². The molecule has 0 aliphatic heterocycles. The number of nitrogens with one attached hydrogen (secondary N) is 1. The second-order valence-electron chi connectivity index (χ2n) is 4.34. The Bertz CT molecular complexity index is 581. The number of alkyl halides is 3. The molecule has 106 valence electrons. The van der Waals surface area contributed by atoms with Gasteiger partial charge in [-0.1, -0.05) is 6.07 Å². The van der Waals surface area contributed by atoms with E-state index in [4.69, 9.17) is 0 Å². The van der Waals surface area contributed by atoms with E-state index >= 15 is 0 Å². The fraction of sp³-hybridized carbons (Fsp3) is 0.214. The lowest BCUT2D eigenvalue weighted by Crippen LogP contribution is -2.11. The first-order valence-corrected chi connectivity index (χ1v) is 5.91. The molecular formula is C14H12F4N2. The van der Waals surface area contributed by atoms with Crippen LogP contribution >= 0.6 is 0 Å². The van der Waals surface area contributed by atoms with Gasteiger partial charge in [-0.2, -0.15) is 13.2 Å². The molecule has 1 unspecified atom stereocenters. The Morgan fingerprint density at radius 2 is 1.95 bits per heavy atom. The molecule has 6 heteroatoms. The van der Waals surface area contributed by atoms with Crippen molar-refractivity contribution in [1.82, 2.24) is 4.98 Å². The van der Waals surface area contributed by atoms with Crippen molar-refractivity contribution in [2.24, 2.45) is 0 Å². The summed E-state index contributed by atoms with van der Waals surface area (Å²) >= 11 is 0. The van der Waals surface area contributed by atoms with Crippen LogP contribution in [-0.2, 0) is 6.18 Å². The minimum atomic E-state index is -4.71. The van der Waals surface area contributed by atoms with E-state index in [0.717, 1.165) is 17.7 Å². The van der Waals surface area contributed by atoms with Gasteiger partial charge in [0.25, 0.3) is 0 Å². The highest BCUT2D eigenvalue weighted by molar-refractivity contribution is 5.48. The zero-order chi connectivity index (χ0) is 14.8. The van der Waals surface area contributed by atoms with Crippen molar-refractivity contribution in [2.45, 2.75) is 19.1 Å². The maximum Gasteiger partial charge on any atom is 0.419 e. The van der Waals surface area contributed by atoms with Crippen molar-refractivity contribution in [3.05, 3.63) is 59.7 Å². The van der Waals surface area contributed by atoms with Crippen LogP contribution in [0.1, 0.15) is 24.1 Å². The van der Waals surface area contributed by atoms with E-state index < -0.39 is 17.6 Å². The van der Waals surface area contributed by atoms with E-state index in [1.54, 1.807) is 31.5 Å². The van der Waals surface area contributed by atoms with Crippen molar-refractivity contribution in [3.63, 3.8) is 0 Å². The molecular weight excluding hydrogens is 272 g/mol. The average molecular weight is 284 g/mol. The second-order valence-corrected chi connectivity index (χ2v) is 4.34. The number of rotatable bonds is 3. The van der Waals surface area contributed by atoms with Gasteiger partial charge in [-0.15, -0.1) is 0 Å². The van der Waals surface area contributed by atoms with Crippen LogP contribution in [0, 0.1) is 5.82 Å². The summed E-state index contributed by atoms with van der Waals surface area (Å²) in [5, 5.41) is 2.89. The molecule has 0 aliphatic rings. The molecule has 0 amide bonds. The van der Waals surface area contributed by atoms with Crippen LogP contribution in [0.3, 0.4) is 0 Å². The molecule has 1 aromatic carbocycles. The lowest BCUT2D eigenvalue weighted by molar-refractivity contribution is -0.139. The highest BCUT2D eigenvalue weighted by Crippen LogP contribution is 2.33. The van der Waals surface area contributed by atoms with Crippen LogP contribution in [-0.4, -0.2) is 4.98 Å². The predicted molar refractivity (Wildman–Crippen MR) is 67.7 cm³/mol. The van der Waals surface area contributed by atoms with Gasteiger partial charge in [-0.05, 0) is 36.8 Å². The summed E-state index contributed by atoms with van der Waals surface area (Å²) in [5.41, 5.74) is -0.249. The summed E-state index contributed by atoms with van der Waals surface area (Å²) in [6.07, 6.45) is -1.49. The summed E-state index contributed by atoms with van der Waals surface area (Å²) in [5.74, 6) is -1.28. The predicted octanol–water partition coefficient (Wildman–Crippen LogP) is 4.41. The third-order valence-corrected chi connectivity index (χ3v) is 2.84. The van der Waals surface area contributed by atoms with Gasteiger partial charge in [0, 0.05) is 18.1 Å². The Hall–Kier alpha value is -2.11. The zero-order valence-corrected chi connectivity index (χ0v) is 10.6.